The molecular weight excluding hydrogens is 446 g/mol. The normalized spacial score (nSPS) is 21.5. The van der Waals surface area contributed by atoms with E-state index in [-0.39, 0.29) is 43.6 Å². The van der Waals surface area contributed by atoms with Crippen molar-refractivity contribution < 1.29 is 31.5 Å². The number of nitrogens with one attached hydrogen (secondary N) is 1. The number of rotatable bonds is 7. The topological polar surface area (TPSA) is 133 Å². The molecule has 0 bridgehead atoms. The highest BCUT2D eigenvalue weighted by Crippen LogP contribution is 2.29. The van der Waals surface area contributed by atoms with Crippen LogP contribution in [0.2, 0.25) is 0 Å². The van der Waals surface area contributed by atoms with Gasteiger partial charge in [0.15, 0.2) is 0 Å². The van der Waals surface area contributed by atoms with Gasteiger partial charge in [-0.25, -0.2) is 21.1 Å². The van der Waals surface area contributed by atoms with Crippen LogP contribution in [0.4, 0.5) is 5.69 Å². The lowest BCUT2D eigenvalue weighted by molar-refractivity contribution is -0.134. The van der Waals surface area contributed by atoms with E-state index in [1.807, 2.05) is 6.92 Å². The minimum atomic E-state index is -3.51. The van der Waals surface area contributed by atoms with E-state index in [0.717, 1.165) is 12.5 Å². The van der Waals surface area contributed by atoms with E-state index in [4.69, 9.17) is 4.74 Å². The summed E-state index contributed by atoms with van der Waals surface area (Å²) in [4.78, 5) is 14.6. The highest BCUT2D eigenvalue weighted by Gasteiger charge is 2.32. The molecule has 0 saturated carbocycles. The maximum atomic E-state index is 13.0. The number of likely N-dealkylation sites (N-methyl/N-ethyl adjacent to an activating group) is 1. The number of amides is 1. The van der Waals surface area contributed by atoms with Crippen LogP contribution in [0, 0.1) is 5.92 Å². The number of aliphatic hydroxyl groups is 1. The highest BCUT2D eigenvalue weighted by molar-refractivity contribution is 7.92. The van der Waals surface area contributed by atoms with Crippen LogP contribution < -0.4 is 9.46 Å². The van der Waals surface area contributed by atoms with Crippen LogP contribution in [0.3, 0.4) is 0 Å². The van der Waals surface area contributed by atoms with Crippen molar-refractivity contribution in [2.45, 2.75) is 32.4 Å². The molecule has 0 aromatic heterocycles. The number of hydrogen-bond donors (Lipinski definition) is 2. The fourth-order valence-electron chi connectivity index (χ4n) is 3.31. The molecule has 0 saturated heterocycles. The molecule has 0 radical (unpaired) electrons. The van der Waals surface area contributed by atoms with E-state index in [1.165, 1.54) is 23.5 Å². The van der Waals surface area contributed by atoms with Gasteiger partial charge in [-0.15, -0.1) is 0 Å². The number of carbonyl (C=O) groups is 1. The fourth-order valence-corrected chi connectivity index (χ4v) is 4.29. The average molecular weight is 478 g/mol. The van der Waals surface area contributed by atoms with Gasteiger partial charge in [0.05, 0.1) is 38.1 Å². The summed E-state index contributed by atoms with van der Waals surface area (Å²) < 4.78 is 56.8. The van der Waals surface area contributed by atoms with Crippen LogP contribution in [0.5, 0.6) is 5.75 Å². The van der Waals surface area contributed by atoms with Crippen molar-refractivity contribution in [2.24, 2.45) is 5.92 Å². The third-order valence-electron chi connectivity index (χ3n) is 5.22. The molecule has 1 heterocycles. The van der Waals surface area contributed by atoms with Gasteiger partial charge in [0, 0.05) is 30.8 Å². The Balaban J connectivity index is 2.50. The molecule has 3 atom stereocenters. The van der Waals surface area contributed by atoms with Gasteiger partial charge in [-0.3, -0.25) is 9.52 Å². The number of anilines is 1. The van der Waals surface area contributed by atoms with Crippen molar-refractivity contribution in [1.29, 1.82) is 0 Å². The molecule has 31 heavy (non-hydrogen) atoms. The minimum absolute atomic E-state index is 0.0552. The molecule has 0 unspecified atom stereocenters. The second-order valence-electron chi connectivity index (χ2n) is 8.13. The van der Waals surface area contributed by atoms with Crippen LogP contribution >= 0.6 is 0 Å². The number of sulfonamides is 2. The summed E-state index contributed by atoms with van der Waals surface area (Å²) >= 11 is 0. The van der Waals surface area contributed by atoms with E-state index < -0.39 is 32.2 Å². The standard InChI is InChI=1S/C19H31N3O7S2/c1-13-10-22(14(2)12-23)19(24)9-15-8-16(20-30(4,25)26)6-7-17(15)29-18(13)11-21(3)31(5,27)28/h6-8,13-14,18,20,23H,9-12H2,1-5H3/t13-,14-,18-/m0/s1. The Kier molecular flexibility index (Phi) is 7.95. The molecule has 1 amide bonds. The largest absolute Gasteiger partial charge is 0.488 e. The van der Waals surface area contributed by atoms with Gasteiger partial charge in [0.25, 0.3) is 0 Å². The van der Waals surface area contributed by atoms with Gasteiger partial charge in [0.2, 0.25) is 26.0 Å². The lowest BCUT2D eigenvalue weighted by Gasteiger charge is -2.33. The Labute approximate surface area is 184 Å². The summed E-state index contributed by atoms with van der Waals surface area (Å²) in [7, 11) is -5.51. The zero-order valence-electron chi connectivity index (χ0n) is 18.4. The zero-order chi connectivity index (χ0) is 23.6. The van der Waals surface area contributed by atoms with Gasteiger partial charge in [-0.05, 0) is 25.1 Å². The Bertz CT molecular complexity index is 1010. The summed E-state index contributed by atoms with van der Waals surface area (Å²) in [6.07, 6.45) is 1.50. The van der Waals surface area contributed by atoms with Crippen LogP contribution in [-0.2, 0) is 31.3 Å². The fraction of sp³-hybridized carbons (Fsp3) is 0.632. The number of aliphatic hydroxyl groups excluding tert-OH is 1. The van der Waals surface area contributed by atoms with Gasteiger partial charge < -0.3 is 14.7 Å². The first-order chi connectivity index (χ1) is 14.2. The average Bonchev–Trinajstić information content (AvgIpc) is 2.68. The number of ether oxygens (including phenoxy) is 1. The first-order valence-corrected chi connectivity index (χ1v) is 13.5. The highest BCUT2D eigenvalue weighted by atomic mass is 32.2. The Hall–Kier alpha value is -1.89. The zero-order valence-corrected chi connectivity index (χ0v) is 20.0. The summed E-state index contributed by atoms with van der Waals surface area (Å²) in [5.41, 5.74) is 0.756. The Morgan fingerprint density at radius 2 is 1.94 bits per heavy atom. The van der Waals surface area contributed by atoms with Crippen LogP contribution in [0.1, 0.15) is 19.4 Å². The summed E-state index contributed by atoms with van der Waals surface area (Å²) in [6.45, 7) is 3.69. The van der Waals surface area contributed by atoms with Crippen molar-refractivity contribution >= 4 is 31.6 Å². The monoisotopic (exact) mass is 477 g/mol. The third kappa shape index (κ3) is 7.06. The van der Waals surface area contributed by atoms with Gasteiger partial charge in [0.1, 0.15) is 11.9 Å². The number of fused-ring (bicyclic) bond motifs is 1. The van der Waals surface area contributed by atoms with Crippen molar-refractivity contribution in [3.63, 3.8) is 0 Å². The molecule has 2 N–H and O–H groups in total. The lowest BCUT2D eigenvalue weighted by atomic mass is 10.0. The van der Waals surface area contributed by atoms with Gasteiger partial charge >= 0.3 is 0 Å². The predicted molar refractivity (Wildman–Crippen MR) is 118 cm³/mol. The SMILES string of the molecule is C[C@H]1CN([C@@H](C)CO)C(=O)Cc2cc(NS(C)(=O)=O)ccc2O[C@H]1CN(C)S(C)(=O)=O. The quantitative estimate of drug-likeness (QED) is 0.569. The first-order valence-electron chi connectivity index (χ1n) is 9.80. The molecule has 0 fully saturated rings. The molecular formula is C19H31N3O7S2. The van der Waals surface area contributed by atoms with E-state index in [0.29, 0.717) is 11.3 Å². The molecule has 1 aromatic rings. The number of benzene rings is 1. The minimum Gasteiger partial charge on any atom is -0.488 e. The van der Waals surface area contributed by atoms with Crippen LogP contribution in [0.25, 0.3) is 0 Å². The smallest absolute Gasteiger partial charge is 0.229 e. The number of carbonyl (C=O) groups excluding carboxylic acids is 1. The van der Waals surface area contributed by atoms with E-state index in [9.17, 15) is 26.7 Å². The lowest BCUT2D eigenvalue weighted by Crippen LogP contribution is -2.48. The van der Waals surface area contributed by atoms with Crippen molar-refractivity contribution in [3.05, 3.63) is 23.8 Å². The van der Waals surface area contributed by atoms with Gasteiger partial charge in [-0.2, -0.15) is 0 Å². The maximum absolute atomic E-state index is 13.0. The Morgan fingerprint density at radius 1 is 1.29 bits per heavy atom. The van der Waals surface area contributed by atoms with Crippen molar-refractivity contribution in [2.75, 3.05) is 44.0 Å². The molecule has 1 aliphatic heterocycles. The second kappa shape index (κ2) is 9.72. The van der Waals surface area contributed by atoms with Crippen molar-refractivity contribution in [1.82, 2.24) is 9.21 Å². The first kappa shape index (κ1) is 25.4. The number of hydrogen-bond acceptors (Lipinski definition) is 7. The third-order valence-corrected chi connectivity index (χ3v) is 7.11. The summed E-state index contributed by atoms with van der Waals surface area (Å²) in [5, 5.41) is 9.62. The molecule has 12 heteroatoms. The van der Waals surface area contributed by atoms with E-state index in [2.05, 4.69) is 4.72 Å². The van der Waals surface area contributed by atoms with E-state index in [1.54, 1.807) is 17.9 Å². The second-order valence-corrected chi connectivity index (χ2v) is 12.0. The molecule has 1 aliphatic rings. The molecule has 176 valence electrons. The van der Waals surface area contributed by atoms with Crippen LogP contribution in [0.15, 0.2) is 18.2 Å². The summed E-state index contributed by atoms with van der Waals surface area (Å²) in [6, 6.07) is 4.19. The predicted octanol–water partition coefficient (Wildman–Crippen LogP) is 0.0985. The maximum Gasteiger partial charge on any atom is 0.229 e. The van der Waals surface area contributed by atoms with E-state index >= 15 is 0 Å². The molecule has 0 spiro atoms. The number of nitrogens with zero attached hydrogens (tertiary/aromatic N) is 2. The molecule has 1 aromatic carbocycles. The summed E-state index contributed by atoms with van der Waals surface area (Å²) in [5.74, 6) is -0.113. The molecule has 2 rings (SSSR count). The molecule has 0 aliphatic carbocycles. The molecule has 10 nitrogen and oxygen atoms in total. The Morgan fingerprint density at radius 3 is 2.48 bits per heavy atom. The van der Waals surface area contributed by atoms with Crippen molar-refractivity contribution in [3.8, 4) is 5.75 Å². The van der Waals surface area contributed by atoms with Crippen LogP contribution in [-0.4, -0.2) is 88.5 Å². The van der Waals surface area contributed by atoms with Gasteiger partial charge in [-0.1, -0.05) is 6.92 Å².